The molecule has 0 aliphatic heterocycles. The van der Waals surface area contributed by atoms with Gasteiger partial charge in [0.25, 0.3) is 0 Å². The summed E-state index contributed by atoms with van der Waals surface area (Å²) in [6.45, 7) is 1.68. The Balaban J connectivity index is 2.02. The summed E-state index contributed by atoms with van der Waals surface area (Å²) < 4.78 is 1.30. The molecule has 1 heterocycles. The maximum atomic E-state index is 12.1. The van der Waals surface area contributed by atoms with Gasteiger partial charge >= 0.3 is 5.97 Å². The molecule has 1 aliphatic carbocycles. The first-order chi connectivity index (χ1) is 9.49. The van der Waals surface area contributed by atoms with E-state index in [-0.39, 0.29) is 23.3 Å². The molecule has 7 heteroatoms. The largest absolute Gasteiger partial charge is 0.476 e. The normalized spacial score (nSPS) is 17.6. The molecule has 4 N–H and O–H groups in total. The number of amides is 1. The first-order valence-corrected chi connectivity index (χ1v) is 6.87. The molecule has 1 aromatic rings. The van der Waals surface area contributed by atoms with Crippen LogP contribution in [-0.2, 0) is 4.79 Å². The highest BCUT2D eigenvalue weighted by Crippen LogP contribution is 2.19. The second-order valence-electron chi connectivity index (χ2n) is 5.24. The van der Waals surface area contributed by atoms with Gasteiger partial charge in [-0.2, -0.15) is 5.10 Å². The molecule has 7 nitrogen and oxygen atoms in total. The van der Waals surface area contributed by atoms with Crippen LogP contribution in [0.2, 0.25) is 0 Å². The van der Waals surface area contributed by atoms with Crippen molar-refractivity contribution in [2.75, 3.05) is 5.73 Å². The molecular weight excluding hydrogens is 260 g/mol. The number of nitrogens with two attached hydrogens (primary N) is 1. The molecule has 1 atom stereocenters. The second-order valence-corrected chi connectivity index (χ2v) is 5.24. The molecule has 0 aromatic carbocycles. The van der Waals surface area contributed by atoms with Gasteiger partial charge < -0.3 is 16.2 Å². The van der Waals surface area contributed by atoms with Crippen LogP contribution in [0, 0.1) is 0 Å². The van der Waals surface area contributed by atoms with E-state index in [9.17, 15) is 9.59 Å². The molecule has 1 amide bonds. The minimum absolute atomic E-state index is 0.0646. The fraction of sp³-hybridized carbons (Fsp3) is 0.615. The number of hydrogen-bond donors (Lipinski definition) is 3. The summed E-state index contributed by atoms with van der Waals surface area (Å²) in [5, 5.41) is 15.7. The zero-order valence-electron chi connectivity index (χ0n) is 11.5. The van der Waals surface area contributed by atoms with Gasteiger partial charge in [0.05, 0.1) is 5.69 Å². The fourth-order valence-electron chi connectivity index (χ4n) is 2.46. The van der Waals surface area contributed by atoms with E-state index in [1.807, 2.05) is 0 Å². The van der Waals surface area contributed by atoms with E-state index < -0.39 is 12.0 Å². The number of hydrogen-bond acceptors (Lipinski definition) is 4. The molecule has 110 valence electrons. The predicted octanol–water partition coefficient (Wildman–Crippen LogP) is 1.17. The maximum Gasteiger partial charge on any atom is 0.358 e. The lowest BCUT2D eigenvalue weighted by atomic mass is 9.95. The fourth-order valence-corrected chi connectivity index (χ4v) is 2.46. The number of nitrogens with one attached hydrogen (secondary N) is 1. The number of carbonyl (C=O) groups is 2. The number of nitrogen functional groups attached to an aromatic ring is 1. The number of anilines is 1. The highest BCUT2D eigenvalue weighted by Gasteiger charge is 2.23. The van der Waals surface area contributed by atoms with E-state index in [1.54, 1.807) is 6.92 Å². The van der Waals surface area contributed by atoms with Gasteiger partial charge in [-0.3, -0.25) is 9.48 Å². The van der Waals surface area contributed by atoms with Gasteiger partial charge in [0.15, 0.2) is 5.69 Å². The van der Waals surface area contributed by atoms with E-state index >= 15 is 0 Å². The molecule has 0 saturated heterocycles. The topological polar surface area (TPSA) is 110 Å². The highest BCUT2D eigenvalue weighted by molar-refractivity contribution is 5.91. The van der Waals surface area contributed by atoms with Gasteiger partial charge in [-0.25, -0.2) is 4.79 Å². The molecule has 1 fully saturated rings. The summed E-state index contributed by atoms with van der Waals surface area (Å²) in [5.41, 5.74) is 5.41. The molecule has 0 bridgehead atoms. The van der Waals surface area contributed by atoms with Crippen molar-refractivity contribution in [3.63, 3.8) is 0 Å². The molecular formula is C13H20N4O3. The summed E-state index contributed by atoms with van der Waals surface area (Å²) in [6, 6.07) is -0.363. The third-order valence-electron chi connectivity index (χ3n) is 3.69. The van der Waals surface area contributed by atoms with Gasteiger partial charge in [-0.1, -0.05) is 19.3 Å². The van der Waals surface area contributed by atoms with E-state index in [0.717, 1.165) is 25.7 Å². The number of rotatable bonds is 4. The lowest BCUT2D eigenvalue weighted by Crippen LogP contribution is -2.40. The van der Waals surface area contributed by atoms with Gasteiger partial charge in [-0.15, -0.1) is 0 Å². The van der Waals surface area contributed by atoms with Crippen LogP contribution >= 0.6 is 0 Å². The van der Waals surface area contributed by atoms with Crippen LogP contribution in [0.25, 0.3) is 0 Å². The summed E-state index contributed by atoms with van der Waals surface area (Å²) in [7, 11) is 0. The third kappa shape index (κ3) is 3.09. The third-order valence-corrected chi connectivity index (χ3v) is 3.69. The van der Waals surface area contributed by atoms with Crippen LogP contribution < -0.4 is 11.1 Å². The summed E-state index contributed by atoms with van der Waals surface area (Å²) in [6.07, 6.45) is 6.88. The van der Waals surface area contributed by atoms with E-state index in [2.05, 4.69) is 10.4 Å². The Hall–Kier alpha value is -2.05. The van der Waals surface area contributed by atoms with Gasteiger partial charge in [0.1, 0.15) is 6.04 Å². The molecule has 1 saturated carbocycles. The van der Waals surface area contributed by atoms with Crippen LogP contribution in [-0.4, -0.2) is 32.8 Å². The van der Waals surface area contributed by atoms with E-state index in [1.165, 1.54) is 17.3 Å². The predicted molar refractivity (Wildman–Crippen MR) is 73.3 cm³/mol. The average Bonchev–Trinajstić information content (AvgIpc) is 2.81. The van der Waals surface area contributed by atoms with Crippen LogP contribution in [0.15, 0.2) is 6.20 Å². The summed E-state index contributed by atoms with van der Waals surface area (Å²) in [4.78, 5) is 23.0. The van der Waals surface area contributed by atoms with Crippen LogP contribution in [0.4, 0.5) is 5.69 Å². The van der Waals surface area contributed by atoms with Crippen molar-refractivity contribution in [3.05, 3.63) is 11.9 Å². The van der Waals surface area contributed by atoms with Gasteiger partial charge in [-0.05, 0) is 19.8 Å². The van der Waals surface area contributed by atoms with Crippen molar-refractivity contribution in [1.29, 1.82) is 0 Å². The van der Waals surface area contributed by atoms with E-state index in [4.69, 9.17) is 10.8 Å². The molecule has 0 radical (unpaired) electrons. The Morgan fingerprint density at radius 1 is 1.45 bits per heavy atom. The first kappa shape index (κ1) is 14.4. The van der Waals surface area contributed by atoms with Gasteiger partial charge in [0, 0.05) is 12.2 Å². The zero-order chi connectivity index (χ0) is 14.7. The van der Waals surface area contributed by atoms with Crippen molar-refractivity contribution in [1.82, 2.24) is 15.1 Å². The quantitative estimate of drug-likeness (QED) is 0.767. The zero-order valence-corrected chi connectivity index (χ0v) is 11.5. The number of aromatic carboxylic acids is 1. The maximum absolute atomic E-state index is 12.1. The molecule has 0 spiro atoms. The van der Waals surface area contributed by atoms with Crippen molar-refractivity contribution in [3.8, 4) is 0 Å². The lowest BCUT2D eigenvalue weighted by Gasteiger charge is -2.24. The number of carbonyl (C=O) groups excluding carboxylic acids is 1. The minimum Gasteiger partial charge on any atom is -0.476 e. The van der Waals surface area contributed by atoms with Crippen molar-refractivity contribution < 1.29 is 14.7 Å². The van der Waals surface area contributed by atoms with Crippen molar-refractivity contribution in [2.45, 2.75) is 51.1 Å². The summed E-state index contributed by atoms with van der Waals surface area (Å²) >= 11 is 0. The smallest absolute Gasteiger partial charge is 0.358 e. The van der Waals surface area contributed by atoms with Crippen LogP contribution in [0.3, 0.4) is 0 Å². The lowest BCUT2D eigenvalue weighted by molar-refractivity contribution is -0.125. The Morgan fingerprint density at radius 3 is 2.65 bits per heavy atom. The average molecular weight is 280 g/mol. The SMILES string of the molecule is CC(C(=O)NC1CCCCC1)n1cc(N)c(C(=O)O)n1. The van der Waals surface area contributed by atoms with Crippen molar-refractivity contribution in [2.24, 2.45) is 0 Å². The first-order valence-electron chi connectivity index (χ1n) is 6.87. The Bertz CT molecular complexity index is 506. The molecule has 1 aliphatic rings. The molecule has 1 aromatic heterocycles. The van der Waals surface area contributed by atoms with Crippen LogP contribution in [0.5, 0.6) is 0 Å². The standard InChI is InChI=1S/C13H20N4O3/c1-8(12(18)15-9-5-3-2-4-6-9)17-7-10(14)11(16-17)13(19)20/h7-9H,2-6,14H2,1H3,(H,15,18)(H,19,20). The highest BCUT2D eigenvalue weighted by atomic mass is 16.4. The minimum atomic E-state index is -1.19. The molecule has 2 rings (SSSR count). The number of nitrogens with zero attached hydrogens (tertiary/aromatic N) is 2. The Kier molecular flexibility index (Phi) is 4.26. The molecule has 20 heavy (non-hydrogen) atoms. The molecule has 1 unspecified atom stereocenters. The number of carboxylic acids is 1. The van der Waals surface area contributed by atoms with E-state index in [0.29, 0.717) is 0 Å². The second kappa shape index (κ2) is 5.94. The van der Waals surface area contributed by atoms with Crippen LogP contribution in [0.1, 0.15) is 55.6 Å². The van der Waals surface area contributed by atoms with Crippen molar-refractivity contribution >= 4 is 17.6 Å². The monoisotopic (exact) mass is 280 g/mol. The number of aromatic nitrogens is 2. The number of carboxylic acid groups (broad SMARTS) is 1. The van der Waals surface area contributed by atoms with Gasteiger partial charge in [0.2, 0.25) is 5.91 Å². The Morgan fingerprint density at radius 2 is 2.10 bits per heavy atom. The Labute approximate surface area is 117 Å². The summed E-state index contributed by atoms with van der Waals surface area (Å²) in [5.74, 6) is -1.35.